The summed E-state index contributed by atoms with van der Waals surface area (Å²) < 4.78 is 0. The van der Waals surface area contributed by atoms with Gasteiger partial charge in [0.05, 0.1) is 0 Å². The van der Waals surface area contributed by atoms with Crippen LogP contribution in [0.4, 0.5) is 0 Å². The third kappa shape index (κ3) is 1.55. The molecule has 0 N–H and O–H groups in total. The molecule has 2 rings (SSSR count). The number of rotatable bonds is 1. The van der Waals surface area contributed by atoms with E-state index in [-0.39, 0.29) is 0 Å². The van der Waals surface area contributed by atoms with Gasteiger partial charge in [0, 0.05) is 5.92 Å². The van der Waals surface area contributed by atoms with Crippen molar-refractivity contribution in [1.29, 1.82) is 0 Å². The lowest BCUT2D eigenvalue weighted by Gasteiger charge is -2.21. The predicted molar refractivity (Wildman–Crippen MR) is 48.2 cm³/mol. The maximum absolute atomic E-state index is 2.29. The average molecular weight is 147 g/mol. The van der Waals surface area contributed by atoms with Crippen LogP contribution in [0.1, 0.15) is 38.5 Å². The second-order valence-electron chi connectivity index (χ2n) is 3.49. The lowest BCUT2D eigenvalue weighted by molar-refractivity contribution is 0.545. The molecule has 0 aliphatic heterocycles. The molecule has 0 bridgehead atoms. The fourth-order valence-corrected chi connectivity index (χ4v) is 2.01. The van der Waals surface area contributed by atoms with E-state index < -0.39 is 0 Å². The monoisotopic (exact) mass is 147 g/mol. The van der Waals surface area contributed by atoms with Gasteiger partial charge in [-0.2, -0.15) is 0 Å². The lowest BCUT2D eigenvalue weighted by Crippen LogP contribution is -2.05. The summed E-state index contributed by atoms with van der Waals surface area (Å²) >= 11 is 0. The quantitative estimate of drug-likeness (QED) is 0.533. The van der Waals surface area contributed by atoms with Crippen molar-refractivity contribution >= 4 is 0 Å². The van der Waals surface area contributed by atoms with Crippen LogP contribution >= 0.6 is 0 Å². The molecule has 0 aromatic heterocycles. The van der Waals surface area contributed by atoms with E-state index in [1.165, 1.54) is 38.5 Å². The van der Waals surface area contributed by atoms with Crippen LogP contribution in [0.2, 0.25) is 0 Å². The average Bonchev–Trinajstić information content (AvgIpc) is 2.58. The number of hydrogen-bond donors (Lipinski definition) is 0. The molecule has 1 radical (unpaired) electrons. The standard InChI is InChI=1S/C11H15/c1-2-6-10(7-3-1)11-8-4-5-9-11/h4-5,8H,1-3,6-7,9H2. The fourth-order valence-electron chi connectivity index (χ4n) is 2.01. The third-order valence-corrected chi connectivity index (χ3v) is 2.68. The summed E-state index contributed by atoms with van der Waals surface area (Å²) in [5, 5.41) is 0. The topological polar surface area (TPSA) is 0 Å². The van der Waals surface area contributed by atoms with Gasteiger partial charge >= 0.3 is 0 Å². The first-order chi connectivity index (χ1) is 5.47. The SMILES string of the molecule is C1=CCC([C]2CCCCC2)=C1. The van der Waals surface area contributed by atoms with Gasteiger partial charge in [-0.15, -0.1) is 0 Å². The number of hydrogen-bond acceptors (Lipinski definition) is 0. The highest BCUT2D eigenvalue weighted by atomic mass is 14.2. The van der Waals surface area contributed by atoms with E-state index in [4.69, 9.17) is 0 Å². The second kappa shape index (κ2) is 3.25. The zero-order chi connectivity index (χ0) is 7.52. The van der Waals surface area contributed by atoms with E-state index in [2.05, 4.69) is 18.2 Å². The Labute approximate surface area is 69.0 Å². The van der Waals surface area contributed by atoms with Crippen molar-refractivity contribution in [3.8, 4) is 0 Å². The minimum Gasteiger partial charge on any atom is -0.0804 e. The molecule has 0 unspecified atom stereocenters. The van der Waals surface area contributed by atoms with Gasteiger partial charge in [0.1, 0.15) is 0 Å². The highest BCUT2D eigenvalue weighted by Gasteiger charge is 2.17. The van der Waals surface area contributed by atoms with E-state index in [1.807, 2.05) is 0 Å². The fraction of sp³-hybridized carbons (Fsp3) is 0.545. The van der Waals surface area contributed by atoms with Crippen LogP contribution in [-0.2, 0) is 0 Å². The van der Waals surface area contributed by atoms with Crippen molar-refractivity contribution in [1.82, 2.24) is 0 Å². The molecule has 0 nitrogen and oxygen atoms in total. The Bertz CT molecular complexity index is 180. The van der Waals surface area contributed by atoms with Gasteiger partial charge in [-0.05, 0) is 19.3 Å². The van der Waals surface area contributed by atoms with Crippen LogP contribution in [0.3, 0.4) is 0 Å². The predicted octanol–water partition coefficient (Wildman–Crippen LogP) is 3.41. The molecular weight excluding hydrogens is 132 g/mol. The minimum atomic E-state index is 1.20. The first-order valence-corrected chi connectivity index (χ1v) is 4.67. The zero-order valence-electron chi connectivity index (χ0n) is 6.97. The molecule has 2 aliphatic rings. The molecule has 2 aliphatic carbocycles. The molecule has 0 spiro atoms. The Kier molecular flexibility index (Phi) is 2.11. The van der Waals surface area contributed by atoms with E-state index in [9.17, 15) is 0 Å². The van der Waals surface area contributed by atoms with Crippen molar-refractivity contribution in [2.45, 2.75) is 38.5 Å². The third-order valence-electron chi connectivity index (χ3n) is 2.68. The highest BCUT2D eigenvalue weighted by Crippen LogP contribution is 2.34. The molecule has 59 valence electrons. The van der Waals surface area contributed by atoms with Crippen molar-refractivity contribution in [2.24, 2.45) is 0 Å². The molecule has 0 aromatic rings. The van der Waals surface area contributed by atoms with Gasteiger partial charge in [0.25, 0.3) is 0 Å². The van der Waals surface area contributed by atoms with Gasteiger partial charge in [-0.3, -0.25) is 0 Å². The van der Waals surface area contributed by atoms with E-state index >= 15 is 0 Å². The maximum Gasteiger partial charge on any atom is 0.00119 e. The summed E-state index contributed by atoms with van der Waals surface area (Å²) in [6.45, 7) is 0. The first-order valence-electron chi connectivity index (χ1n) is 4.67. The van der Waals surface area contributed by atoms with Gasteiger partial charge < -0.3 is 0 Å². The van der Waals surface area contributed by atoms with Gasteiger partial charge in [0.2, 0.25) is 0 Å². The van der Waals surface area contributed by atoms with E-state index in [0.717, 1.165) is 0 Å². The van der Waals surface area contributed by atoms with Crippen molar-refractivity contribution in [3.63, 3.8) is 0 Å². The summed E-state index contributed by atoms with van der Waals surface area (Å²) in [4.78, 5) is 0. The van der Waals surface area contributed by atoms with Crippen LogP contribution in [0.25, 0.3) is 0 Å². The molecule has 11 heavy (non-hydrogen) atoms. The van der Waals surface area contributed by atoms with E-state index in [1.54, 1.807) is 11.5 Å². The van der Waals surface area contributed by atoms with Crippen LogP contribution in [0.5, 0.6) is 0 Å². The smallest absolute Gasteiger partial charge is 0.00119 e. The maximum atomic E-state index is 2.29. The van der Waals surface area contributed by atoms with Crippen molar-refractivity contribution in [2.75, 3.05) is 0 Å². The molecule has 0 saturated heterocycles. The number of allylic oxidation sites excluding steroid dienone is 4. The van der Waals surface area contributed by atoms with Gasteiger partial charge in [-0.1, -0.05) is 43.1 Å². The van der Waals surface area contributed by atoms with E-state index in [0.29, 0.717) is 0 Å². The first kappa shape index (κ1) is 7.15. The zero-order valence-corrected chi connectivity index (χ0v) is 6.97. The Morgan fingerprint density at radius 1 is 1.00 bits per heavy atom. The lowest BCUT2D eigenvalue weighted by atomic mass is 9.83. The van der Waals surface area contributed by atoms with Crippen molar-refractivity contribution < 1.29 is 0 Å². The Morgan fingerprint density at radius 2 is 1.82 bits per heavy atom. The van der Waals surface area contributed by atoms with Crippen LogP contribution in [0, 0.1) is 5.92 Å². The summed E-state index contributed by atoms with van der Waals surface area (Å²) in [5.74, 6) is 1.74. The molecule has 1 saturated carbocycles. The molecule has 0 heterocycles. The summed E-state index contributed by atoms with van der Waals surface area (Å²) in [6, 6.07) is 0. The van der Waals surface area contributed by atoms with Crippen LogP contribution < -0.4 is 0 Å². The summed E-state index contributed by atoms with van der Waals surface area (Å²) in [6.07, 6.45) is 15.0. The molecule has 0 atom stereocenters. The molecule has 1 fully saturated rings. The van der Waals surface area contributed by atoms with Crippen molar-refractivity contribution in [3.05, 3.63) is 29.7 Å². The highest BCUT2D eigenvalue weighted by molar-refractivity contribution is 5.35. The largest absolute Gasteiger partial charge is 0.0804 e. The molecule has 0 heteroatoms. The summed E-state index contributed by atoms with van der Waals surface area (Å²) in [5.41, 5.74) is 1.62. The molecular formula is C11H15. The van der Waals surface area contributed by atoms with Gasteiger partial charge in [-0.25, -0.2) is 0 Å². The van der Waals surface area contributed by atoms with Gasteiger partial charge in [0.15, 0.2) is 0 Å². The second-order valence-corrected chi connectivity index (χ2v) is 3.49. The van der Waals surface area contributed by atoms with Crippen LogP contribution in [-0.4, -0.2) is 0 Å². The normalized spacial score (nSPS) is 25.6. The molecule has 0 amide bonds. The Hall–Kier alpha value is -0.520. The Balaban J connectivity index is 1.93. The summed E-state index contributed by atoms with van der Waals surface area (Å²) in [7, 11) is 0. The molecule has 0 aromatic carbocycles. The Morgan fingerprint density at radius 3 is 2.45 bits per heavy atom. The van der Waals surface area contributed by atoms with Crippen LogP contribution in [0.15, 0.2) is 23.8 Å². The minimum absolute atomic E-state index is 1.20.